The van der Waals surface area contributed by atoms with E-state index < -0.39 is 0 Å². The van der Waals surface area contributed by atoms with Gasteiger partial charge in [0.05, 0.1) is 28.6 Å². The first-order valence-electron chi connectivity index (χ1n) is 9.12. The van der Waals surface area contributed by atoms with Gasteiger partial charge in [-0.1, -0.05) is 30.3 Å². The van der Waals surface area contributed by atoms with E-state index in [1.165, 1.54) is 0 Å². The summed E-state index contributed by atoms with van der Waals surface area (Å²) in [7, 11) is 0. The normalized spacial score (nSPS) is 10.1. The first-order valence-corrected chi connectivity index (χ1v) is 10.2. The highest BCUT2D eigenvalue weighted by Gasteiger charge is 2.14. The second kappa shape index (κ2) is 8.77. The molecule has 1 heterocycles. The Balaban J connectivity index is 1.73. The second-order valence-corrected chi connectivity index (χ2v) is 7.62. The molecule has 0 aliphatic carbocycles. The Bertz CT molecular complexity index is 1290. The Morgan fingerprint density at radius 2 is 1.47 bits per heavy atom. The van der Waals surface area contributed by atoms with Gasteiger partial charge in [0.1, 0.15) is 17.6 Å². The number of para-hydroxylation sites is 1. The van der Waals surface area contributed by atoms with Gasteiger partial charge in [0.15, 0.2) is 0 Å². The van der Waals surface area contributed by atoms with E-state index in [1.807, 2.05) is 72.8 Å². The van der Waals surface area contributed by atoms with Crippen LogP contribution < -0.4 is 4.74 Å². The summed E-state index contributed by atoms with van der Waals surface area (Å²) in [5, 5.41) is 18.9. The molecule has 0 saturated heterocycles. The topological polar surface area (TPSA) is 69.7 Å². The fourth-order valence-electron chi connectivity index (χ4n) is 3.03. The zero-order valence-corrected chi connectivity index (χ0v) is 17.9. The third kappa shape index (κ3) is 4.17. The summed E-state index contributed by atoms with van der Waals surface area (Å²) in [6.07, 6.45) is 0. The molecule has 4 aromatic rings. The Kier molecular flexibility index (Phi) is 5.74. The molecule has 0 aliphatic rings. The number of pyridine rings is 1. The van der Waals surface area contributed by atoms with Crippen LogP contribution in [0.15, 0.2) is 84.9 Å². The molecule has 3 aromatic carbocycles. The van der Waals surface area contributed by atoms with Gasteiger partial charge in [-0.2, -0.15) is 10.5 Å². The number of ether oxygens (including phenoxy) is 1. The van der Waals surface area contributed by atoms with Crippen molar-refractivity contribution in [2.24, 2.45) is 0 Å². The maximum Gasteiger partial charge on any atom is 0.127 e. The number of hydrogen-bond donors (Lipinski definition) is 0. The summed E-state index contributed by atoms with van der Waals surface area (Å²) in [5.74, 6) is 1.46. The predicted molar refractivity (Wildman–Crippen MR) is 124 cm³/mol. The van der Waals surface area contributed by atoms with E-state index in [2.05, 4.69) is 34.7 Å². The molecular formula is C25H14IN3O. The molecule has 0 unspecified atom stereocenters. The first kappa shape index (κ1) is 19.6. The van der Waals surface area contributed by atoms with Crippen molar-refractivity contribution in [2.75, 3.05) is 0 Å². The Labute approximate surface area is 188 Å². The molecule has 0 N–H and O–H groups in total. The highest BCUT2D eigenvalue weighted by atomic mass is 127. The maximum absolute atomic E-state index is 9.69. The summed E-state index contributed by atoms with van der Waals surface area (Å²) in [6.45, 7) is 0. The third-order valence-corrected chi connectivity index (χ3v) is 5.33. The van der Waals surface area contributed by atoms with Crippen LogP contribution in [0.3, 0.4) is 0 Å². The van der Waals surface area contributed by atoms with Gasteiger partial charge in [-0.3, -0.25) is 0 Å². The number of halogens is 1. The Hall–Kier alpha value is -3.68. The lowest BCUT2D eigenvalue weighted by Gasteiger charge is -2.11. The van der Waals surface area contributed by atoms with E-state index in [9.17, 15) is 10.5 Å². The monoisotopic (exact) mass is 499 g/mol. The molecule has 142 valence electrons. The number of nitrogens with zero attached hydrogens (tertiary/aromatic N) is 3. The molecule has 4 nitrogen and oxygen atoms in total. The zero-order chi connectivity index (χ0) is 20.9. The lowest BCUT2D eigenvalue weighted by atomic mass is 10.0. The largest absolute Gasteiger partial charge is 0.457 e. The van der Waals surface area contributed by atoms with Crippen molar-refractivity contribution in [1.29, 1.82) is 10.5 Å². The van der Waals surface area contributed by atoms with Gasteiger partial charge in [0, 0.05) is 14.7 Å². The van der Waals surface area contributed by atoms with Crippen LogP contribution >= 0.6 is 22.6 Å². The van der Waals surface area contributed by atoms with Crippen LogP contribution in [0.4, 0.5) is 0 Å². The molecule has 0 aliphatic heterocycles. The second-order valence-electron chi connectivity index (χ2n) is 6.46. The lowest BCUT2D eigenvalue weighted by Crippen LogP contribution is -1.96. The summed E-state index contributed by atoms with van der Waals surface area (Å²) in [6, 6.07) is 30.6. The van der Waals surface area contributed by atoms with Crippen LogP contribution in [0.1, 0.15) is 11.1 Å². The standard InChI is InChI=1S/C25H14IN3O/c26-23-14-24(19-6-4-5-17(13-19)15-27)29-25(22(23)16-28)18-9-11-21(12-10-18)30-20-7-2-1-3-8-20/h1-14H. The quantitative estimate of drug-likeness (QED) is 0.299. The van der Waals surface area contributed by atoms with Gasteiger partial charge in [-0.25, -0.2) is 4.98 Å². The fourth-order valence-corrected chi connectivity index (χ4v) is 3.70. The number of aromatic nitrogens is 1. The van der Waals surface area contributed by atoms with Crippen molar-refractivity contribution in [3.8, 4) is 46.2 Å². The van der Waals surface area contributed by atoms with E-state index in [0.717, 1.165) is 26.1 Å². The predicted octanol–water partition coefficient (Wildman–Crippen LogP) is 6.56. The molecule has 0 saturated carbocycles. The number of benzene rings is 3. The molecule has 0 bridgehead atoms. The van der Waals surface area contributed by atoms with Crippen LogP contribution in [-0.4, -0.2) is 4.98 Å². The van der Waals surface area contributed by atoms with Gasteiger partial charge < -0.3 is 4.74 Å². The van der Waals surface area contributed by atoms with Crippen LogP contribution in [0.2, 0.25) is 0 Å². The van der Waals surface area contributed by atoms with Crippen LogP contribution in [0.25, 0.3) is 22.5 Å². The lowest BCUT2D eigenvalue weighted by molar-refractivity contribution is 0.483. The zero-order valence-electron chi connectivity index (χ0n) is 15.7. The molecule has 4 rings (SSSR count). The smallest absolute Gasteiger partial charge is 0.127 e. The van der Waals surface area contributed by atoms with Gasteiger partial charge in [-0.15, -0.1) is 0 Å². The maximum atomic E-state index is 9.69. The molecule has 0 atom stereocenters. The minimum atomic E-state index is 0.521. The van der Waals surface area contributed by atoms with E-state index in [4.69, 9.17) is 9.72 Å². The van der Waals surface area contributed by atoms with Crippen molar-refractivity contribution < 1.29 is 4.74 Å². The van der Waals surface area contributed by atoms with Gasteiger partial charge in [0.2, 0.25) is 0 Å². The van der Waals surface area contributed by atoms with Crippen LogP contribution in [0, 0.1) is 26.2 Å². The molecule has 0 fully saturated rings. The first-order chi connectivity index (χ1) is 14.7. The number of hydrogen-bond acceptors (Lipinski definition) is 4. The highest BCUT2D eigenvalue weighted by molar-refractivity contribution is 14.1. The van der Waals surface area contributed by atoms with Crippen molar-refractivity contribution in [3.05, 3.63) is 99.6 Å². The summed E-state index contributed by atoms with van der Waals surface area (Å²) in [5.41, 5.74) is 4.07. The van der Waals surface area contributed by atoms with E-state index in [-0.39, 0.29) is 0 Å². The van der Waals surface area contributed by atoms with E-state index in [1.54, 1.807) is 12.1 Å². The average Bonchev–Trinajstić information content (AvgIpc) is 2.80. The van der Waals surface area contributed by atoms with Crippen LogP contribution in [0.5, 0.6) is 11.5 Å². The Morgan fingerprint density at radius 3 is 2.17 bits per heavy atom. The highest BCUT2D eigenvalue weighted by Crippen LogP contribution is 2.31. The van der Waals surface area contributed by atoms with E-state index in [0.29, 0.717) is 22.6 Å². The summed E-state index contributed by atoms with van der Waals surface area (Å²) >= 11 is 2.15. The Morgan fingerprint density at radius 1 is 0.733 bits per heavy atom. The minimum absolute atomic E-state index is 0.521. The summed E-state index contributed by atoms with van der Waals surface area (Å²) in [4.78, 5) is 4.76. The van der Waals surface area contributed by atoms with Gasteiger partial charge >= 0.3 is 0 Å². The van der Waals surface area contributed by atoms with E-state index >= 15 is 0 Å². The van der Waals surface area contributed by atoms with Crippen molar-refractivity contribution >= 4 is 22.6 Å². The van der Waals surface area contributed by atoms with Crippen molar-refractivity contribution in [3.63, 3.8) is 0 Å². The van der Waals surface area contributed by atoms with Gasteiger partial charge in [-0.05, 0) is 77.2 Å². The molecule has 0 amide bonds. The fraction of sp³-hybridized carbons (Fsp3) is 0. The molecule has 0 spiro atoms. The average molecular weight is 499 g/mol. The van der Waals surface area contributed by atoms with Crippen LogP contribution in [-0.2, 0) is 0 Å². The van der Waals surface area contributed by atoms with Crippen molar-refractivity contribution in [1.82, 2.24) is 4.98 Å². The SMILES string of the molecule is N#Cc1cccc(-c2cc(I)c(C#N)c(-c3ccc(Oc4ccccc4)cc3)n2)c1. The van der Waals surface area contributed by atoms with Gasteiger partial charge in [0.25, 0.3) is 0 Å². The van der Waals surface area contributed by atoms with Crippen molar-refractivity contribution in [2.45, 2.75) is 0 Å². The molecule has 30 heavy (non-hydrogen) atoms. The summed E-state index contributed by atoms with van der Waals surface area (Å²) < 4.78 is 6.66. The molecule has 1 aromatic heterocycles. The molecule has 0 radical (unpaired) electrons. The number of rotatable bonds is 4. The minimum Gasteiger partial charge on any atom is -0.457 e. The molecular weight excluding hydrogens is 485 g/mol. The molecule has 5 heteroatoms. The third-order valence-electron chi connectivity index (χ3n) is 4.48. The number of nitriles is 2.